The van der Waals surface area contributed by atoms with E-state index in [4.69, 9.17) is 23.2 Å². The number of carbonyl (C=O) groups is 1. The number of halogens is 2. The van der Waals surface area contributed by atoms with Crippen LogP contribution < -0.4 is 5.32 Å². The predicted octanol–water partition coefficient (Wildman–Crippen LogP) is 4.94. The molecule has 3 rings (SSSR count). The number of amides is 1. The Hall–Kier alpha value is -0.730. The van der Waals surface area contributed by atoms with E-state index in [1.807, 2.05) is 0 Å². The smallest absolute Gasteiger partial charge is 0.254 e. The summed E-state index contributed by atoms with van der Waals surface area (Å²) < 4.78 is 0. The lowest BCUT2D eigenvalue weighted by atomic mass is 9.69. The molecule has 2 nitrogen and oxygen atoms in total. The molecule has 0 aromatic heterocycles. The minimum absolute atomic E-state index is 0.153. The molecule has 1 amide bonds. The Morgan fingerprint density at radius 3 is 2.33 bits per heavy atom. The second kappa shape index (κ2) is 4.89. The van der Waals surface area contributed by atoms with Crippen molar-refractivity contribution in [2.24, 2.45) is 16.7 Å². The molecule has 0 aliphatic heterocycles. The number of fused-ring (bicyclic) bond motifs is 2. The molecule has 1 aromatic carbocycles. The van der Waals surface area contributed by atoms with Gasteiger partial charge in [-0.1, -0.05) is 50.0 Å². The molecule has 0 spiro atoms. The monoisotopic (exact) mass is 325 g/mol. The van der Waals surface area contributed by atoms with Crippen LogP contribution in [0.5, 0.6) is 0 Å². The molecule has 114 valence electrons. The number of carbonyl (C=O) groups excluding carboxylic acids is 1. The predicted molar refractivity (Wildman–Crippen MR) is 86.9 cm³/mol. The molecule has 3 atom stereocenters. The Labute approximate surface area is 136 Å². The molecule has 1 aromatic rings. The zero-order valence-electron chi connectivity index (χ0n) is 12.7. The van der Waals surface area contributed by atoms with Crippen LogP contribution in [0.15, 0.2) is 18.2 Å². The van der Waals surface area contributed by atoms with Crippen molar-refractivity contribution in [3.63, 3.8) is 0 Å². The van der Waals surface area contributed by atoms with Gasteiger partial charge in [0, 0.05) is 6.04 Å². The lowest BCUT2D eigenvalue weighted by Gasteiger charge is -2.39. The summed E-state index contributed by atoms with van der Waals surface area (Å²) >= 11 is 12.3. The highest BCUT2D eigenvalue weighted by molar-refractivity contribution is 6.39. The first-order valence-electron chi connectivity index (χ1n) is 7.52. The first kappa shape index (κ1) is 15.2. The first-order chi connectivity index (χ1) is 9.77. The molecule has 0 saturated heterocycles. The summed E-state index contributed by atoms with van der Waals surface area (Å²) in [7, 11) is 0. The van der Waals surface area contributed by atoms with Crippen LogP contribution in [0.1, 0.15) is 50.4 Å². The van der Waals surface area contributed by atoms with Gasteiger partial charge in [-0.15, -0.1) is 0 Å². The molecule has 1 N–H and O–H groups in total. The van der Waals surface area contributed by atoms with E-state index in [2.05, 4.69) is 26.1 Å². The summed E-state index contributed by atoms with van der Waals surface area (Å²) in [5.41, 5.74) is 0.820. The summed E-state index contributed by atoms with van der Waals surface area (Å²) in [4.78, 5) is 12.6. The van der Waals surface area contributed by atoms with Crippen molar-refractivity contribution in [3.8, 4) is 0 Å². The molecule has 2 aliphatic rings. The Morgan fingerprint density at radius 2 is 1.86 bits per heavy atom. The number of hydrogen-bond donors (Lipinski definition) is 1. The maximum absolute atomic E-state index is 12.6. The third-order valence-electron chi connectivity index (χ3n) is 6.29. The highest BCUT2D eigenvalue weighted by Gasteiger charge is 2.61. The quantitative estimate of drug-likeness (QED) is 0.819. The van der Waals surface area contributed by atoms with Crippen LogP contribution in [0, 0.1) is 16.7 Å². The van der Waals surface area contributed by atoms with Gasteiger partial charge in [-0.05, 0) is 48.1 Å². The standard InChI is InChI=1S/C17H21Cl2NO/c1-16(2)10-7-8-17(16,3)13(9-10)20-15(21)14-11(18)5-4-6-12(14)19/h4-6,10,13H,7-9H2,1-3H3,(H,20,21)/t10-,13-,17-/m1/s1. The Morgan fingerprint density at radius 1 is 1.24 bits per heavy atom. The van der Waals surface area contributed by atoms with E-state index in [1.165, 1.54) is 12.8 Å². The van der Waals surface area contributed by atoms with Crippen LogP contribution in [0.25, 0.3) is 0 Å². The van der Waals surface area contributed by atoms with Crippen molar-refractivity contribution in [1.29, 1.82) is 0 Å². The van der Waals surface area contributed by atoms with Gasteiger partial charge in [-0.2, -0.15) is 0 Å². The number of nitrogens with one attached hydrogen (secondary N) is 1. The van der Waals surface area contributed by atoms with Crippen molar-refractivity contribution in [1.82, 2.24) is 5.32 Å². The second-order valence-corrected chi connectivity index (χ2v) is 8.05. The molecular weight excluding hydrogens is 305 g/mol. The van der Waals surface area contributed by atoms with Gasteiger partial charge in [-0.3, -0.25) is 4.79 Å². The molecule has 2 aliphatic carbocycles. The second-order valence-electron chi connectivity index (χ2n) is 7.23. The Bertz CT molecular complexity index is 578. The minimum Gasteiger partial charge on any atom is -0.349 e. The zero-order chi connectivity index (χ0) is 15.4. The lowest BCUT2D eigenvalue weighted by Crippen LogP contribution is -2.47. The lowest BCUT2D eigenvalue weighted by molar-refractivity contribution is 0.0826. The molecule has 0 heterocycles. The fourth-order valence-electron chi connectivity index (χ4n) is 4.37. The minimum atomic E-state index is -0.153. The van der Waals surface area contributed by atoms with Gasteiger partial charge in [0.05, 0.1) is 15.6 Å². The largest absolute Gasteiger partial charge is 0.349 e. The van der Waals surface area contributed by atoms with E-state index in [0.29, 0.717) is 21.5 Å². The van der Waals surface area contributed by atoms with Crippen LogP contribution in [0.4, 0.5) is 0 Å². The third kappa shape index (κ3) is 2.10. The SMILES string of the molecule is CC1(C)[C@@H]2CC[C@]1(C)[C@H](NC(=O)c1c(Cl)cccc1Cl)C2. The molecule has 0 radical (unpaired) electrons. The molecule has 4 heteroatoms. The molecular formula is C17H21Cl2NO. The fourth-order valence-corrected chi connectivity index (χ4v) is 4.94. The van der Waals surface area contributed by atoms with E-state index in [9.17, 15) is 4.79 Å². The van der Waals surface area contributed by atoms with Gasteiger partial charge in [0.2, 0.25) is 0 Å². The van der Waals surface area contributed by atoms with Gasteiger partial charge in [0.25, 0.3) is 5.91 Å². The van der Waals surface area contributed by atoms with Crippen molar-refractivity contribution in [3.05, 3.63) is 33.8 Å². The summed E-state index contributed by atoms with van der Waals surface area (Å²) in [6.45, 7) is 6.97. The van der Waals surface area contributed by atoms with Crippen LogP contribution in [0.2, 0.25) is 10.0 Å². The Kier molecular flexibility index (Phi) is 3.53. The zero-order valence-corrected chi connectivity index (χ0v) is 14.2. The normalized spacial score (nSPS) is 33.2. The average molecular weight is 326 g/mol. The molecule has 21 heavy (non-hydrogen) atoms. The third-order valence-corrected chi connectivity index (χ3v) is 6.92. The van der Waals surface area contributed by atoms with E-state index in [0.717, 1.165) is 6.42 Å². The summed E-state index contributed by atoms with van der Waals surface area (Å²) in [6, 6.07) is 5.36. The van der Waals surface area contributed by atoms with E-state index in [1.54, 1.807) is 18.2 Å². The number of rotatable bonds is 2. The summed E-state index contributed by atoms with van der Waals surface area (Å²) in [6.07, 6.45) is 3.49. The highest BCUT2D eigenvalue weighted by Crippen LogP contribution is 2.65. The topological polar surface area (TPSA) is 29.1 Å². The van der Waals surface area contributed by atoms with Crippen LogP contribution in [0.3, 0.4) is 0 Å². The Balaban J connectivity index is 1.84. The van der Waals surface area contributed by atoms with E-state index < -0.39 is 0 Å². The summed E-state index contributed by atoms with van der Waals surface area (Å²) in [5, 5.41) is 4.02. The van der Waals surface area contributed by atoms with Gasteiger partial charge >= 0.3 is 0 Å². The van der Waals surface area contributed by atoms with E-state index in [-0.39, 0.29) is 22.8 Å². The molecule has 2 saturated carbocycles. The van der Waals surface area contributed by atoms with E-state index >= 15 is 0 Å². The number of benzene rings is 1. The van der Waals surface area contributed by atoms with Crippen molar-refractivity contribution < 1.29 is 4.79 Å². The van der Waals surface area contributed by atoms with Gasteiger partial charge in [0.15, 0.2) is 0 Å². The van der Waals surface area contributed by atoms with Gasteiger partial charge in [0.1, 0.15) is 0 Å². The maximum Gasteiger partial charge on any atom is 0.254 e. The molecule has 2 bridgehead atoms. The van der Waals surface area contributed by atoms with Crippen molar-refractivity contribution >= 4 is 29.1 Å². The highest BCUT2D eigenvalue weighted by atomic mass is 35.5. The maximum atomic E-state index is 12.6. The van der Waals surface area contributed by atoms with Crippen molar-refractivity contribution in [2.45, 2.75) is 46.1 Å². The molecule has 0 unspecified atom stereocenters. The van der Waals surface area contributed by atoms with Gasteiger partial charge < -0.3 is 5.32 Å². The number of hydrogen-bond acceptors (Lipinski definition) is 1. The van der Waals surface area contributed by atoms with Crippen LogP contribution >= 0.6 is 23.2 Å². The summed E-state index contributed by atoms with van der Waals surface area (Å²) in [5.74, 6) is 0.537. The van der Waals surface area contributed by atoms with Crippen LogP contribution in [-0.4, -0.2) is 11.9 Å². The van der Waals surface area contributed by atoms with Crippen molar-refractivity contribution in [2.75, 3.05) is 0 Å². The average Bonchev–Trinajstić information content (AvgIpc) is 2.71. The molecule has 2 fully saturated rings. The fraction of sp³-hybridized carbons (Fsp3) is 0.588. The van der Waals surface area contributed by atoms with Gasteiger partial charge in [-0.25, -0.2) is 0 Å². The first-order valence-corrected chi connectivity index (χ1v) is 8.28. The van der Waals surface area contributed by atoms with Crippen LogP contribution in [-0.2, 0) is 0 Å².